The fourth-order valence-corrected chi connectivity index (χ4v) is 4.35. The zero-order chi connectivity index (χ0) is 24.1. The van der Waals surface area contributed by atoms with Gasteiger partial charge in [-0.1, -0.05) is 48.2 Å². The largest absolute Gasteiger partial charge is 0.486 e. The number of amides is 1. The van der Waals surface area contributed by atoms with Crippen LogP contribution in [-0.2, 0) is 25.0 Å². The molecule has 176 valence electrons. The number of thioether (sulfide) groups is 1. The molecule has 0 radical (unpaired) electrons. The minimum atomic E-state index is -0.288. The summed E-state index contributed by atoms with van der Waals surface area (Å²) in [4.78, 5) is 25.7. The van der Waals surface area contributed by atoms with Gasteiger partial charge in [0, 0.05) is 13.6 Å². The summed E-state index contributed by atoms with van der Waals surface area (Å²) < 4.78 is 11.0. The molecule has 0 unspecified atom stereocenters. The third-order valence-corrected chi connectivity index (χ3v) is 6.34. The van der Waals surface area contributed by atoms with E-state index in [4.69, 9.17) is 4.74 Å². The van der Waals surface area contributed by atoms with Crippen molar-refractivity contribution < 1.29 is 9.53 Å². The third kappa shape index (κ3) is 4.91. The van der Waals surface area contributed by atoms with Crippen molar-refractivity contribution in [2.75, 3.05) is 11.1 Å². The van der Waals surface area contributed by atoms with Gasteiger partial charge < -0.3 is 14.6 Å². The fourth-order valence-electron chi connectivity index (χ4n) is 3.53. The normalized spacial score (nSPS) is 10.9. The van der Waals surface area contributed by atoms with Crippen LogP contribution < -0.4 is 15.6 Å². The van der Waals surface area contributed by atoms with Crippen molar-refractivity contribution in [3.63, 3.8) is 0 Å². The van der Waals surface area contributed by atoms with E-state index >= 15 is 0 Å². The van der Waals surface area contributed by atoms with Crippen LogP contribution in [0.5, 0.6) is 5.75 Å². The van der Waals surface area contributed by atoms with E-state index in [0.29, 0.717) is 23.2 Å². The Balaban J connectivity index is 1.42. The molecule has 2 heterocycles. The number of nitrogens with one attached hydrogen (secondary N) is 1. The van der Waals surface area contributed by atoms with E-state index in [0.717, 1.165) is 11.4 Å². The maximum absolute atomic E-state index is 13.0. The second kappa shape index (κ2) is 10.4. The van der Waals surface area contributed by atoms with Gasteiger partial charge in [-0.25, -0.2) is 4.68 Å². The average Bonchev–Trinajstić information content (AvgIpc) is 3.35. The Morgan fingerprint density at radius 2 is 1.74 bits per heavy atom. The maximum Gasteiger partial charge on any atom is 0.295 e. The van der Waals surface area contributed by atoms with Crippen molar-refractivity contribution in [2.24, 2.45) is 7.05 Å². The molecule has 4 rings (SSSR count). The van der Waals surface area contributed by atoms with Crippen LogP contribution in [0, 0.1) is 6.92 Å². The quantitative estimate of drug-likeness (QED) is 0.371. The van der Waals surface area contributed by atoms with Crippen LogP contribution >= 0.6 is 11.8 Å². The van der Waals surface area contributed by atoms with Crippen LogP contribution in [-0.4, -0.2) is 35.8 Å². The summed E-state index contributed by atoms with van der Waals surface area (Å²) >= 11 is 1.27. The topological polar surface area (TPSA) is 96.0 Å². The predicted octanol–water partition coefficient (Wildman–Crippen LogP) is 3.41. The molecule has 0 aliphatic heterocycles. The van der Waals surface area contributed by atoms with Crippen LogP contribution in [0.4, 0.5) is 5.69 Å². The molecule has 1 N–H and O–H groups in total. The maximum atomic E-state index is 13.0. The van der Waals surface area contributed by atoms with Gasteiger partial charge in [0.1, 0.15) is 18.0 Å². The zero-order valence-electron chi connectivity index (χ0n) is 19.3. The Bertz CT molecular complexity index is 1330. The summed E-state index contributed by atoms with van der Waals surface area (Å²) in [5.74, 6) is 1.24. The highest BCUT2D eigenvalue weighted by atomic mass is 32.2. The van der Waals surface area contributed by atoms with Crippen LogP contribution in [0.2, 0.25) is 0 Å². The minimum absolute atomic E-state index is 0.0940. The lowest BCUT2D eigenvalue weighted by molar-refractivity contribution is -0.113. The number of aromatic nitrogens is 5. The van der Waals surface area contributed by atoms with E-state index in [1.54, 1.807) is 18.7 Å². The Hall–Kier alpha value is -3.79. The number of hydrogen-bond donors (Lipinski definition) is 1. The van der Waals surface area contributed by atoms with E-state index in [9.17, 15) is 9.59 Å². The third-order valence-electron chi connectivity index (χ3n) is 5.37. The first-order chi connectivity index (χ1) is 16.5. The molecule has 34 heavy (non-hydrogen) atoms. The molecule has 10 heteroatoms. The highest BCUT2D eigenvalue weighted by Gasteiger charge is 2.19. The summed E-state index contributed by atoms with van der Waals surface area (Å²) in [5.41, 5.74) is 1.39. The van der Waals surface area contributed by atoms with Crippen molar-refractivity contribution in [3.05, 3.63) is 82.5 Å². The lowest BCUT2D eigenvalue weighted by atomic mass is 10.3. The number of para-hydroxylation sites is 2. The summed E-state index contributed by atoms with van der Waals surface area (Å²) in [6.45, 7) is 4.71. The highest BCUT2D eigenvalue weighted by molar-refractivity contribution is 7.99. The van der Waals surface area contributed by atoms with Gasteiger partial charge in [-0.15, -0.1) is 10.2 Å². The summed E-state index contributed by atoms with van der Waals surface area (Å²) in [7, 11) is 1.79. The van der Waals surface area contributed by atoms with E-state index in [1.165, 1.54) is 16.4 Å². The molecule has 0 atom stereocenters. The minimum Gasteiger partial charge on any atom is -0.486 e. The van der Waals surface area contributed by atoms with Gasteiger partial charge in [0.05, 0.1) is 17.1 Å². The molecule has 0 aliphatic carbocycles. The molecule has 0 spiro atoms. The molecule has 0 bridgehead atoms. The van der Waals surface area contributed by atoms with Gasteiger partial charge in [-0.2, -0.15) is 0 Å². The molecular formula is C24H26N6O3S. The average molecular weight is 479 g/mol. The first kappa shape index (κ1) is 23.4. The van der Waals surface area contributed by atoms with E-state index in [-0.39, 0.29) is 29.5 Å². The molecule has 9 nitrogen and oxygen atoms in total. The predicted molar refractivity (Wildman–Crippen MR) is 132 cm³/mol. The van der Waals surface area contributed by atoms with Gasteiger partial charge in [0.25, 0.3) is 5.56 Å². The Kier molecular flexibility index (Phi) is 7.17. The summed E-state index contributed by atoms with van der Waals surface area (Å²) in [6.07, 6.45) is 0. The Morgan fingerprint density at radius 3 is 2.41 bits per heavy atom. The van der Waals surface area contributed by atoms with Gasteiger partial charge in [-0.05, 0) is 38.1 Å². The zero-order valence-corrected chi connectivity index (χ0v) is 20.1. The highest BCUT2D eigenvalue weighted by Crippen LogP contribution is 2.20. The Labute approximate surface area is 201 Å². The molecule has 0 saturated carbocycles. The second-order valence-electron chi connectivity index (χ2n) is 7.52. The molecule has 0 aliphatic rings. The van der Waals surface area contributed by atoms with Gasteiger partial charge >= 0.3 is 0 Å². The van der Waals surface area contributed by atoms with Crippen molar-refractivity contribution in [2.45, 2.75) is 32.2 Å². The number of anilines is 1. The summed E-state index contributed by atoms with van der Waals surface area (Å²) in [5, 5.41) is 11.8. The van der Waals surface area contributed by atoms with Crippen LogP contribution in [0.3, 0.4) is 0 Å². The van der Waals surface area contributed by atoms with Crippen LogP contribution in [0.25, 0.3) is 5.69 Å². The SMILES string of the molecule is CCn1c(COc2ccccc2)nnc1SCC(=O)Nc1c(C)n(C)n(-c2ccccc2)c1=O. The second-order valence-corrected chi connectivity index (χ2v) is 8.46. The number of carbonyl (C=O) groups excluding carboxylic acids is 1. The standard InChI is InChI=1S/C24H26N6O3S/c1-4-29-20(15-33-19-13-9-6-10-14-19)26-27-24(29)34-16-21(31)25-22-17(2)28(3)30(23(22)32)18-11-7-5-8-12-18/h5-14H,4,15-16H2,1-3H3,(H,25,31). The number of ether oxygens (including phenoxy) is 1. The molecule has 0 fully saturated rings. The van der Waals surface area contributed by atoms with Crippen molar-refractivity contribution in [3.8, 4) is 11.4 Å². The number of carbonyl (C=O) groups is 1. The monoisotopic (exact) mass is 478 g/mol. The lowest BCUT2D eigenvalue weighted by Crippen LogP contribution is -2.23. The van der Waals surface area contributed by atoms with Crippen molar-refractivity contribution in [1.29, 1.82) is 0 Å². The van der Waals surface area contributed by atoms with Gasteiger partial charge in [0.15, 0.2) is 11.0 Å². The molecule has 1 amide bonds. The fraction of sp³-hybridized carbons (Fsp3) is 0.250. The molecule has 0 saturated heterocycles. The van der Waals surface area contributed by atoms with E-state index in [2.05, 4.69) is 15.5 Å². The van der Waals surface area contributed by atoms with Crippen molar-refractivity contribution >= 4 is 23.4 Å². The molecule has 2 aromatic heterocycles. The number of benzene rings is 2. The van der Waals surface area contributed by atoms with E-state index < -0.39 is 0 Å². The number of hydrogen-bond acceptors (Lipinski definition) is 6. The van der Waals surface area contributed by atoms with E-state index in [1.807, 2.05) is 72.2 Å². The number of rotatable bonds is 9. The summed E-state index contributed by atoms with van der Waals surface area (Å²) in [6, 6.07) is 18.8. The smallest absolute Gasteiger partial charge is 0.295 e. The van der Waals surface area contributed by atoms with Crippen LogP contribution in [0.15, 0.2) is 70.6 Å². The molecular weight excluding hydrogens is 452 g/mol. The van der Waals surface area contributed by atoms with Gasteiger partial charge in [-0.3, -0.25) is 14.3 Å². The van der Waals surface area contributed by atoms with Crippen LogP contribution in [0.1, 0.15) is 18.4 Å². The Morgan fingerprint density at radius 1 is 1.06 bits per heavy atom. The first-order valence-corrected chi connectivity index (χ1v) is 11.8. The molecule has 2 aromatic carbocycles. The van der Waals surface area contributed by atoms with Crippen molar-refractivity contribution in [1.82, 2.24) is 24.1 Å². The van der Waals surface area contributed by atoms with Gasteiger partial charge in [0.2, 0.25) is 5.91 Å². The first-order valence-electron chi connectivity index (χ1n) is 10.9. The lowest BCUT2D eigenvalue weighted by Gasteiger charge is -2.09. The molecule has 4 aromatic rings. The number of nitrogens with zero attached hydrogens (tertiary/aromatic N) is 5.